The Hall–Kier alpha value is -1.59. The second-order valence-electron chi connectivity index (χ2n) is 5.87. The highest BCUT2D eigenvalue weighted by molar-refractivity contribution is 6.69. The fourth-order valence-corrected chi connectivity index (χ4v) is 3.19. The Labute approximate surface area is 128 Å². The van der Waals surface area contributed by atoms with E-state index in [0.29, 0.717) is 0 Å². The smallest absolute Gasteiger partial charge is 0.407 e. The van der Waals surface area contributed by atoms with Crippen molar-refractivity contribution in [3.05, 3.63) is 42.0 Å². The normalized spacial score (nSPS) is 14.7. The maximum Gasteiger partial charge on any atom is 0.407 e. The molecule has 0 aromatic heterocycles. The molecule has 0 saturated heterocycles. The van der Waals surface area contributed by atoms with E-state index in [9.17, 15) is 4.79 Å². The molecule has 0 fully saturated rings. The maximum atomic E-state index is 11.5. The summed E-state index contributed by atoms with van der Waals surface area (Å²) >= 11 is 0. The molecule has 5 heteroatoms. The van der Waals surface area contributed by atoms with Crippen LogP contribution in [0.1, 0.15) is 12.5 Å². The van der Waals surface area contributed by atoms with E-state index in [1.807, 2.05) is 49.4 Å². The number of hydrogen-bond acceptors (Lipinski definition) is 3. The van der Waals surface area contributed by atoms with Gasteiger partial charge in [-0.1, -0.05) is 42.5 Å². The molecule has 1 rings (SSSR count). The number of methoxy groups -OCH3 is 1. The van der Waals surface area contributed by atoms with Crippen LogP contribution in [0.15, 0.2) is 36.4 Å². The van der Waals surface area contributed by atoms with E-state index in [0.717, 1.165) is 5.56 Å². The van der Waals surface area contributed by atoms with Crippen LogP contribution in [0.2, 0.25) is 19.6 Å². The number of hydrogen-bond donors (Lipinski definition) is 1. The molecule has 116 valence electrons. The summed E-state index contributed by atoms with van der Waals surface area (Å²) in [5.41, 5.74) is 1.08. The molecule has 0 unspecified atom stereocenters. The number of nitrogens with one attached hydrogen (secondary N) is 1. The van der Waals surface area contributed by atoms with Crippen molar-refractivity contribution in [3.8, 4) is 0 Å². The van der Waals surface area contributed by atoms with E-state index < -0.39 is 14.4 Å². The van der Waals surface area contributed by atoms with Gasteiger partial charge < -0.3 is 14.5 Å². The first-order chi connectivity index (χ1) is 9.81. The van der Waals surface area contributed by atoms with Gasteiger partial charge in [-0.05, 0) is 32.1 Å². The lowest BCUT2D eigenvalue weighted by Crippen LogP contribution is -2.45. The van der Waals surface area contributed by atoms with Crippen molar-refractivity contribution >= 4 is 20.5 Å². The molecule has 4 nitrogen and oxygen atoms in total. The van der Waals surface area contributed by atoms with Crippen LogP contribution in [-0.4, -0.2) is 33.7 Å². The molecular weight excluding hydrogens is 282 g/mol. The van der Waals surface area contributed by atoms with Gasteiger partial charge in [-0.2, -0.15) is 0 Å². The average molecular weight is 307 g/mol. The average Bonchev–Trinajstić information content (AvgIpc) is 2.42. The van der Waals surface area contributed by atoms with Gasteiger partial charge in [0.2, 0.25) is 0 Å². The molecule has 0 radical (unpaired) electrons. The first kappa shape index (κ1) is 17.5. The fourth-order valence-electron chi connectivity index (χ4n) is 1.93. The Balaban J connectivity index is 2.81. The number of rotatable bonds is 6. The van der Waals surface area contributed by atoms with Crippen LogP contribution in [0.3, 0.4) is 0 Å². The number of ether oxygens (including phenoxy) is 1. The Morgan fingerprint density at radius 1 is 1.24 bits per heavy atom. The predicted molar refractivity (Wildman–Crippen MR) is 88.7 cm³/mol. The van der Waals surface area contributed by atoms with Crippen molar-refractivity contribution in [2.75, 3.05) is 7.11 Å². The summed E-state index contributed by atoms with van der Waals surface area (Å²) in [5, 5.41) is 2.81. The molecule has 0 aliphatic rings. The van der Waals surface area contributed by atoms with Crippen LogP contribution in [0.25, 0.3) is 6.08 Å². The number of carbonyl (C=O) groups is 1. The molecule has 1 aromatic carbocycles. The Morgan fingerprint density at radius 3 is 2.38 bits per heavy atom. The molecule has 1 aromatic rings. The largest absolute Gasteiger partial charge is 0.453 e. The zero-order valence-electron chi connectivity index (χ0n) is 13.4. The highest BCUT2D eigenvalue weighted by Crippen LogP contribution is 2.12. The van der Waals surface area contributed by atoms with Gasteiger partial charge in [0.15, 0.2) is 8.32 Å². The van der Waals surface area contributed by atoms with Crippen LogP contribution in [-0.2, 0) is 9.16 Å². The third kappa shape index (κ3) is 7.11. The Bertz CT molecular complexity index is 468. The van der Waals surface area contributed by atoms with E-state index in [-0.39, 0.29) is 12.1 Å². The highest BCUT2D eigenvalue weighted by Gasteiger charge is 2.24. The van der Waals surface area contributed by atoms with E-state index in [1.165, 1.54) is 7.11 Å². The molecule has 0 aliphatic heterocycles. The maximum absolute atomic E-state index is 11.5. The molecule has 0 spiro atoms. The van der Waals surface area contributed by atoms with Crippen molar-refractivity contribution in [1.82, 2.24) is 5.32 Å². The van der Waals surface area contributed by atoms with Crippen molar-refractivity contribution in [3.63, 3.8) is 0 Å². The van der Waals surface area contributed by atoms with Crippen LogP contribution in [0.4, 0.5) is 4.79 Å². The second kappa shape index (κ2) is 8.00. The minimum absolute atomic E-state index is 0.115. The lowest BCUT2D eigenvalue weighted by Gasteiger charge is -2.28. The monoisotopic (exact) mass is 307 g/mol. The quantitative estimate of drug-likeness (QED) is 0.816. The second-order valence-corrected chi connectivity index (χ2v) is 10.3. The third-order valence-corrected chi connectivity index (χ3v) is 3.89. The number of amides is 1. The summed E-state index contributed by atoms with van der Waals surface area (Å²) in [6, 6.07) is 9.71. The van der Waals surface area contributed by atoms with Gasteiger partial charge in [-0.15, -0.1) is 0 Å². The van der Waals surface area contributed by atoms with E-state index in [4.69, 9.17) is 4.43 Å². The summed E-state index contributed by atoms with van der Waals surface area (Å²) in [6.45, 7) is 8.34. The predicted octanol–water partition coefficient (Wildman–Crippen LogP) is 3.66. The third-order valence-electron chi connectivity index (χ3n) is 2.81. The number of carbonyl (C=O) groups excluding carboxylic acids is 1. The van der Waals surface area contributed by atoms with Crippen molar-refractivity contribution in [2.24, 2.45) is 0 Å². The van der Waals surface area contributed by atoms with Gasteiger partial charge in [0, 0.05) is 0 Å². The highest BCUT2D eigenvalue weighted by atomic mass is 28.4. The molecule has 0 bridgehead atoms. The molecule has 0 aliphatic carbocycles. The SMILES string of the molecule is COC(=O)N[C@H](/C=C/c1ccccc1)[C@H](C)O[Si](C)(C)C. The minimum atomic E-state index is -1.68. The molecule has 0 heterocycles. The summed E-state index contributed by atoms with van der Waals surface area (Å²) < 4.78 is 10.7. The van der Waals surface area contributed by atoms with Gasteiger partial charge in [-0.25, -0.2) is 4.79 Å². The summed E-state index contributed by atoms with van der Waals surface area (Å²) in [4.78, 5) is 11.5. The van der Waals surface area contributed by atoms with Crippen LogP contribution in [0, 0.1) is 0 Å². The van der Waals surface area contributed by atoms with Gasteiger partial charge in [-0.3, -0.25) is 0 Å². The van der Waals surface area contributed by atoms with Gasteiger partial charge in [0.05, 0.1) is 19.3 Å². The summed E-state index contributed by atoms with van der Waals surface area (Å²) in [5.74, 6) is 0. The van der Waals surface area contributed by atoms with Crippen molar-refractivity contribution in [2.45, 2.75) is 38.7 Å². The van der Waals surface area contributed by atoms with Crippen LogP contribution in [0.5, 0.6) is 0 Å². The summed E-state index contributed by atoms with van der Waals surface area (Å²) in [7, 11) is -0.320. The molecule has 21 heavy (non-hydrogen) atoms. The van der Waals surface area contributed by atoms with Crippen LogP contribution < -0.4 is 5.32 Å². The van der Waals surface area contributed by atoms with Gasteiger partial charge in [0.1, 0.15) is 0 Å². The fraction of sp³-hybridized carbons (Fsp3) is 0.438. The standard InChI is InChI=1S/C16H25NO3Si/c1-13(20-21(3,4)5)15(17-16(18)19-2)12-11-14-9-7-6-8-10-14/h6-13,15H,1-5H3,(H,17,18)/b12-11+/t13-,15+/m0/s1. The topological polar surface area (TPSA) is 47.6 Å². The van der Waals surface area contributed by atoms with Gasteiger partial charge >= 0.3 is 6.09 Å². The Morgan fingerprint density at radius 2 is 1.86 bits per heavy atom. The number of alkyl carbamates (subject to hydrolysis) is 1. The lowest BCUT2D eigenvalue weighted by atomic mass is 10.1. The zero-order chi connectivity index (χ0) is 15.9. The van der Waals surface area contributed by atoms with Gasteiger partial charge in [0.25, 0.3) is 0 Å². The summed E-state index contributed by atoms with van der Waals surface area (Å²) in [6.07, 6.45) is 3.35. The van der Waals surface area contributed by atoms with E-state index in [1.54, 1.807) is 0 Å². The number of benzene rings is 1. The van der Waals surface area contributed by atoms with Crippen molar-refractivity contribution in [1.29, 1.82) is 0 Å². The van der Waals surface area contributed by atoms with Crippen LogP contribution >= 0.6 is 0 Å². The van der Waals surface area contributed by atoms with E-state index in [2.05, 4.69) is 29.7 Å². The first-order valence-electron chi connectivity index (χ1n) is 7.07. The first-order valence-corrected chi connectivity index (χ1v) is 10.5. The Kier molecular flexibility index (Phi) is 6.65. The molecule has 1 N–H and O–H groups in total. The molecule has 2 atom stereocenters. The zero-order valence-corrected chi connectivity index (χ0v) is 14.4. The van der Waals surface area contributed by atoms with Crippen molar-refractivity contribution < 1.29 is 14.0 Å². The molecular formula is C16H25NO3Si. The van der Waals surface area contributed by atoms with E-state index >= 15 is 0 Å². The minimum Gasteiger partial charge on any atom is -0.453 e. The lowest BCUT2D eigenvalue weighted by molar-refractivity contribution is 0.146. The molecule has 0 saturated carbocycles. The molecule has 1 amide bonds.